The van der Waals surface area contributed by atoms with Crippen molar-refractivity contribution in [2.75, 3.05) is 18.2 Å². The zero-order valence-corrected chi connectivity index (χ0v) is 24.4. The van der Waals surface area contributed by atoms with Crippen LogP contribution in [0.1, 0.15) is 73.5 Å². The molecule has 1 aliphatic carbocycles. The van der Waals surface area contributed by atoms with Gasteiger partial charge in [-0.2, -0.15) is 5.10 Å². The maximum Gasteiger partial charge on any atom is 0.354 e. The third-order valence-corrected chi connectivity index (χ3v) is 7.47. The Morgan fingerprint density at radius 1 is 1.09 bits per heavy atom. The number of benzene rings is 2. The first-order chi connectivity index (χ1) is 22.0. The molecule has 0 saturated heterocycles. The molecule has 14 nitrogen and oxygen atoms in total. The minimum atomic E-state index is -1.27. The fourth-order valence-electron chi connectivity index (χ4n) is 4.99. The number of carbonyl (C=O) groups is 3. The van der Waals surface area contributed by atoms with Gasteiger partial charge in [-0.25, -0.2) is 23.5 Å². The van der Waals surface area contributed by atoms with Crippen LogP contribution in [0.25, 0.3) is 5.65 Å². The van der Waals surface area contributed by atoms with E-state index in [0.29, 0.717) is 11.1 Å². The lowest BCUT2D eigenvalue weighted by Crippen LogP contribution is -2.37. The Morgan fingerprint density at radius 3 is 2.55 bits per heavy atom. The summed E-state index contributed by atoms with van der Waals surface area (Å²) in [5.74, 6) is -2.73. The monoisotopic (exact) mass is 645 g/mol. The molecule has 7 N–H and O–H groups in total. The lowest BCUT2D eigenvalue weighted by atomic mass is 10.1. The fourth-order valence-corrected chi connectivity index (χ4v) is 4.99. The van der Waals surface area contributed by atoms with Crippen molar-refractivity contribution in [2.45, 2.75) is 39.4 Å². The Kier molecular flexibility index (Phi) is 10.1. The number of fused-ring (bicyclic) bond motifs is 2. The smallest absolute Gasteiger partial charge is 0.354 e. The Morgan fingerprint density at radius 2 is 1.85 bits per heavy atom. The number of carbonyl (C=O) groups excluding carboxylic acids is 2. The molecule has 0 aliphatic heterocycles. The highest BCUT2D eigenvalue weighted by atomic mass is 19.1. The Bertz CT molecular complexity index is 2070. The average Bonchev–Trinajstić information content (AvgIpc) is 3.69. The van der Waals surface area contributed by atoms with E-state index in [0.717, 1.165) is 29.0 Å². The van der Waals surface area contributed by atoms with Gasteiger partial charge in [-0.3, -0.25) is 14.4 Å². The van der Waals surface area contributed by atoms with Crippen LogP contribution in [0.5, 0.6) is 0 Å². The number of nitrogens with one attached hydrogen (secondary N) is 2. The largest absolute Gasteiger partial charge is 0.477 e. The number of aromatic nitrogens is 3. The van der Waals surface area contributed by atoms with Gasteiger partial charge in [-0.15, -0.1) is 0 Å². The minimum absolute atomic E-state index is 0. The van der Waals surface area contributed by atoms with E-state index in [-0.39, 0.29) is 66.5 Å². The van der Waals surface area contributed by atoms with Gasteiger partial charge in [0.25, 0.3) is 16.8 Å². The molecule has 0 radical (unpaired) electrons. The second kappa shape index (κ2) is 14.0. The summed E-state index contributed by atoms with van der Waals surface area (Å²) in [6.45, 7) is -0.0903. The van der Waals surface area contributed by atoms with E-state index in [1.54, 1.807) is 6.07 Å². The SMILES string of the molecule is C.COC(=O)c1ccc2c(c1)CC[C@@H]2N.Nc1c(NCc2cc(CNC(=O)c3cc(C(=O)O)n4nccc4n3)ccc2F)c(=O)c1=O. The lowest BCUT2D eigenvalue weighted by Gasteiger charge is -2.12. The molecule has 0 unspecified atom stereocenters. The zero-order chi connectivity index (χ0) is 33.1. The van der Waals surface area contributed by atoms with E-state index in [4.69, 9.17) is 11.5 Å². The number of carboxylic acids is 1. The molecule has 6 rings (SSSR count). The number of aromatic carboxylic acids is 1. The molecule has 0 spiro atoms. The number of esters is 1. The molecule has 2 aromatic heterocycles. The molecule has 1 amide bonds. The van der Waals surface area contributed by atoms with Crippen LogP contribution in [0.2, 0.25) is 0 Å². The highest BCUT2D eigenvalue weighted by Gasteiger charge is 2.21. The quantitative estimate of drug-likeness (QED) is 0.121. The van der Waals surface area contributed by atoms with Crippen molar-refractivity contribution in [3.05, 3.63) is 120 Å². The number of rotatable bonds is 8. The van der Waals surface area contributed by atoms with Gasteiger partial charge in [0.05, 0.1) is 18.9 Å². The molecule has 0 saturated carbocycles. The Labute approximate surface area is 266 Å². The van der Waals surface area contributed by atoms with Crippen LogP contribution in [-0.2, 0) is 24.2 Å². The van der Waals surface area contributed by atoms with Crippen molar-refractivity contribution in [3.63, 3.8) is 0 Å². The molecule has 1 aliphatic rings. The van der Waals surface area contributed by atoms with Crippen LogP contribution in [-0.4, -0.2) is 44.7 Å². The van der Waals surface area contributed by atoms with E-state index in [9.17, 15) is 33.5 Å². The van der Waals surface area contributed by atoms with Gasteiger partial charge in [0, 0.05) is 36.8 Å². The second-order valence-corrected chi connectivity index (χ2v) is 10.4. The van der Waals surface area contributed by atoms with Crippen molar-refractivity contribution in [2.24, 2.45) is 5.73 Å². The summed E-state index contributed by atoms with van der Waals surface area (Å²) in [6, 6.07) is 12.4. The molecule has 1 atom stereocenters. The summed E-state index contributed by atoms with van der Waals surface area (Å²) < 4.78 is 19.9. The second-order valence-electron chi connectivity index (χ2n) is 10.4. The molecule has 2 heterocycles. The summed E-state index contributed by atoms with van der Waals surface area (Å²) >= 11 is 0. The van der Waals surface area contributed by atoms with Gasteiger partial charge in [0.15, 0.2) is 11.3 Å². The van der Waals surface area contributed by atoms with Gasteiger partial charge in [0.1, 0.15) is 22.9 Å². The molecule has 244 valence electrons. The van der Waals surface area contributed by atoms with Gasteiger partial charge in [-0.1, -0.05) is 19.6 Å². The maximum absolute atomic E-state index is 14.1. The number of nitrogen functional groups attached to an aromatic ring is 1. The highest BCUT2D eigenvalue weighted by Crippen LogP contribution is 2.29. The number of ether oxygens (including phenoxy) is 1. The number of anilines is 2. The predicted molar refractivity (Wildman–Crippen MR) is 170 cm³/mol. The number of nitrogens with zero attached hydrogens (tertiary/aromatic N) is 3. The first kappa shape index (κ1) is 33.9. The minimum Gasteiger partial charge on any atom is -0.477 e. The van der Waals surface area contributed by atoms with Gasteiger partial charge >= 0.3 is 11.9 Å². The number of hydrogen-bond donors (Lipinski definition) is 5. The summed E-state index contributed by atoms with van der Waals surface area (Å²) in [5.41, 5.74) is 13.1. The molecule has 5 aromatic rings. The van der Waals surface area contributed by atoms with Crippen molar-refractivity contribution < 1.29 is 28.6 Å². The van der Waals surface area contributed by atoms with Crippen LogP contribution in [0.3, 0.4) is 0 Å². The van der Waals surface area contributed by atoms with Crippen LogP contribution < -0.4 is 33.0 Å². The van der Waals surface area contributed by atoms with Crippen molar-refractivity contribution in [1.82, 2.24) is 19.9 Å². The number of nitrogens with two attached hydrogens (primary N) is 2. The summed E-state index contributed by atoms with van der Waals surface area (Å²) in [4.78, 5) is 61.9. The molecule has 0 bridgehead atoms. The van der Waals surface area contributed by atoms with E-state index in [2.05, 4.69) is 25.5 Å². The first-order valence-electron chi connectivity index (χ1n) is 13.9. The zero-order valence-electron chi connectivity index (χ0n) is 24.4. The topological polar surface area (TPSA) is 221 Å². The third kappa shape index (κ3) is 6.99. The standard InChI is InChI=1S/C20H15FN6O5.C11H13NO2.CH4/c21-11-2-1-9(5-10(11)8-23-16-15(22)17(28)18(16)29)7-24-19(30)12-6-13(20(31)32)27-14(26-12)3-4-25-27;1-14-11(13)8-2-4-9-7(6-8)3-5-10(9)12;/h1-6,23H,7-8,22H2,(H,24,30)(H,31,32);2,4,6,10H,3,5,12H2,1H3;1H4/t;10-;/m.0./s1. The lowest BCUT2D eigenvalue weighted by molar-refractivity contribution is 0.0599. The van der Waals surface area contributed by atoms with E-state index in [1.807, 2.05) is 12.1 Å². The first-order valence-corrected chi connectivity index (χ1v) is 13.9. The summed E-state index contributed by atoms with van der Waals surface area (Å²) in [6.07, 6.45) is 3.29. The molecule has 0 fully saturated rings. The molecule has 15 heteroatoms. The predicted octanol–water partition coefficient (Wildman–Crippen LogP) is 2.34. The molecular formula is C32H32FN7O7. The fraction of sp³-hybridized carbons (Fsp3) is 0.219. The number of methoxy groups -OCH3 is 1. The van der Waals surface area contributed by atoms with Crippen molar-refractivity contribution in [3.8, 4) is 0 Å². The number of amides is 1. The Hall–Kier alpha value is -5.96. The van der Waals surface area contributed by atoms with Crippen molar-refractivity contribution >= 4 is 34.9 Å². The van der Waals surface area contributed by atoms with Gasteiger partial charge in [0.2, 0.25) is 0 Å². The highest BCUT2D eigenvalue weighted by molar-refractivity contribution is 5.96. The maximum atomic E-state index is 14.1. The molecular weight excluding hydrogens is 613 g/mol. The number of aryl methyl sites for hydroxylation is 1. The van der Waals surface area contributed by atoms with Crippen molar-refractivity contribution in [1.29, 1.82) is 0 Å². The normalized spacial score (nSPS) is 13.2. The van der Waals surface area contributed by atoms with Crippen LogP contribution in [0.4, 0.5) is 15.8 Å². The molecule has 47 heavy (non-hydrogen) atoms. The average molecular weight is 646 g/mol. The van der Waals surface area contributed by atoms with Gasteiger partial charge in [-0.05, 0) is 53.8 Å². The summed E-state index contributed by atoms with van der Waals surface area (Å²) in [5, 5.41) is 18.4. The third-order valence-electron chi connectivity index (χ3n) is 7.47. The number of halogens is 1. The van der Waals surface area contributed by atoms with Crippen LogP contribution in [0, 0.1) is 5.82 Å². The van der Waals surface area contributed by atoms with E-state index >= 15 is 0 Å². The molecule has 3 aromatic carbocycles. The van der Waals surface area contributed by atoms with Gasteiger partial charge < -0.3 is 31.9 Å². The number of hydrogen-bond acceptors (Lipinski definition) is 11. The van der Waals surface area contributed by atoms with Crippen LogP contribution in [0.15, 0.2) is 64.3 Å². The Balaban J connectivity index is 0.000000279. The van der Waals surface area contributed by atoms with Crippen LogP contribution >= 0.6 is 0 Å². The van der Waals surface area contributed by atoms with E-state index in [1.165, 1.54) is 43.1 Å². The number of carboxylic acid groups (broad SMARTS) is 1. The van der Waals surface area contributed by atoms with E-state index < -0.39 is 28.6 Å². The summed E-state index contributed by atoms with van der Waals surface area (Å²) in [7, 11) is 1.39.